The van der Waals surface area contributed by atoms with E-state index in [-0.39, 0.29) is 11.4 Å². The monoisotopic (exact) mass is 368 g/mol. The number of nitrogens with zero attached hydrogens (tertiary/aromatic N) is 3. The van der Waals surface area contributed by atoms with Crippen molar-refractivity contribution in [1.29, 1.82) is 0 Å². The molecule has 0 aliphatic heterocycles. The van der Waals surface area contributed by atoms with Crippen molar-refractivity contribution < 1.29 is 19.4 Å². The number of methoxy groups -OCH3 is 2. The number of ether oxygens (including phenoxy) is 2. The Labute approximate surface area is 156 Å². The van der Waals surface area contributed by atoms with Gasteiger partial charge in [-0.15, -0.1) is 0 Å². The lowest BCUT2D eigenvalue weighted by molar-refractivity contribution is 0.0697. The van der Waals surface area contributed by atoms with E-state index in [1.807, 2.05) is 29.9 Å². The Kier molecular flexibility index (Phi) is 5.25. The zero-order chi connectivity index (χ0) is 19.4. The molecule has 0 saturated heterocycles. The second kappa shape index (κ2) is 7.77. The fourth-order valence-corrected chi connectivity index (χ4v) is 2.78. The molecule has 2 heterocycles. The number of carboxylic acid groups (broad SMARTS) is 1. The van der Waals surface area contributed by atoms with Crippen LogP contribution in [-0.4, -0.2) is 39.8 Å². The van der Waals surface area contributed by atoms with E-state index in [2.05, 4.69) is 15.3 Å². The molecule has 0 aliphatic rings. The number of rotatable bonds is 7. The lowest BCUT2D eigenvalue weighted by Gasteiger charge is -2.21. The minimum absolute atomic E-state index is 0.0755. The number of hydrogen-bond acceptors (Lipinski definition) is 6. The quantitative estimate of drug-likeness (QED) is 0.661. The van der Waals surface area contributed by atoms with Crippen molar-refractivity contribution in [2.24, 2.45) is 7.05 Å². The number of pyridine rings is 1. The smallest absolute Gasteiger partial charge is 0.339 e. The van der Waals surface area contributed by atoms with Crippen LogP contribution in [0.3, 0.4) is 0 Å². The van der Waals surface area contributed by atoms with E-state index in [4.69, 9.17) is 9.47 Å². The van der Waals surface area contributed by atoms with Crippen LogP contribution in [-0.2, 0) is 7.05 Å². The summed E-state index contributed by atoms with van der Waals surface area (Å²) < 4.78 is 12.6. The Hall–Kier alpha value is -3.55. The van der Waals surface area contributed by atoms with E-state index >= 15 is 0 Å². The van der Waals surface area contributed by atoms with Crippen LogP contribution in [0.5, 0.6) is 11.5 Å². The van der Waals surface area contributed by atoms with E-state index in [9.17, 15) is 9.90 Å². The highest BCUT2D eigenvalue weighted by Gasteiger charge is 2.23. The summed E-state index contributed by atoms with van der Waals surface area (Å²) in [5, 5.41) is 12.7. The van der Waals surface area contributed by atoms with Crippen LogP contribution in [0, 0.1) is 0 Å². The zero-order valence-corrected chi connectivity index (χ0v) is 15.2. The second-order valence-electron chi connectivity index (χ2n) is 5.82. The molecule has 0 radical (unpaired) electrons. The van der Waals surface area contributed by atoms with Crippen molar-refractivity contribution in [3.63, 3.8) is 0 Å². The molecule has 0 unspecified atom stereocenters. The Morgan fingerprint density at radius 1 is 1.15 bits per heavy atom. The maximum Gasteiger partial charge on any atom is 0.339 e. The molecule has 2 N–H and O–H groups in total. The van der Waals surface area contributed by atoms with Crippen molar-refractivity contribution in [2.75, 3.05) is 19.5 Å². The van der Waals surface area contributed by atoms with Gasteiger partial charge in [0, 0.05) is 31.7 Å². The topological polar surface area (TPSA) is 98.5 Å². The molecule has 0 amide bonds. The minimum atomic E-state index is -1.06. The third-order valence-electron chi connectivity index (χ3n) is 4.14. The normalized spacial score (nSPS) is 11.7. The third kappa shape index (κ3) is 3.84. The summed E-state index contributed by atoms with van der Waals surface area (Å²) in [5.41, 5.74) is 0.870. The van der Waals surface area contributed by atoms with Crippen molar-refractivity contribution >= 4 is 11.8 Å². The Morgan fingerprint density at radius 3 is 2.41 bits per heavy atom. The van der Waals surface area contributed by atoms with Crippen molar-refractivity contribution in [3.05, 3.63) is 65.9 Å². The van der Waals surface area contributed by atoms with Gasteiger partial charge in [0.15, 0.2) is 0 Å². The maximum atomic E-state index is 11.6. The zero-order valence-electron chi connectivity index (χ0n) is 15.2. The molecular formula is C19H20N4O4. The number of nitrogens with one attached hydrogen (secondary N) is 1. The molecule has 0 bridgehead atoms. The third-order valence-corrected chi connectivity index (χ3v) is 4.14. The molecule has 0 spiro atoms. The summed E-state index contributed by atoms with van der Waals surface area (Å²) in [7, 11) is 5.01. The van der Waals surface area contributed by atoms with Crippen molar-refractivity contribution in [2.45, 2.75) is 6.04 Å². The van der Waals surface area contributed by atoms with Gasteiger partial charge < -0.3 is 24.5 Å². The highest BCUT2D eigenvalue weighted by atomic mass is 16.5. The molecule has 8 nitrogen and oxygen atoms in total. The number of aryl methyl sites for hydroxylation is 1. The van der Waals surface area contributed by atoms with Gasteiger partial charge in [0.1, 0.15) is 34.7 Å². The predicted molar refractivity (Wildman–Crippen MR) is 99.4 cm³/mol. The number of carboxylic acids is 1. The van der Waals surface area contributed by atoms with Gasteiger partial charge in [0.25, 0.3) is 0 Å². The number of aromatic nitrogens is 3. The average molecular weight is 368 g/mol. The molecule has 1 aromatic carbocycles. The van der Waals surface area contributed by atoms with Crippen LogP contribution >= 0.6 is 0 Å². The molecule has 140 valence electrons. The van der Waals surface area contributed by atoms with Crippen LogP contribution in [0.4, 0.5) is 5.82 Å². The van der Waals surface area contributed by atoms with Crippen LogP contribution in [0.2, 0.25) is 0 Å². The fraction of sp³-hybridized carbons (Fsp3) is 0.211. The van der Waals surface area contributed by atoms with Gasteiger partial charge >= 0.3 is 5.97 Å². The first kappa shape index (κ1) is 18.2. The first-order valence-electron chi connectivity index (χ1n) is 8.18. The summed E-state index contributed by atoms with van der Waals surface area (Å²) >= 11 is 0. The molecule has 27 heavy (non-hydrogen) atoms. The first-order chi connectivity index (χ1) is 13.0. The van der Waals surface area contributed by atoms with Crippen LogP contribution in [0.25, 0.3) is 0 Å². The molecule has 3 aromatic rings. The van der Waals surface area contributed by atoms with Gasteiger partial charge in [0.2, 0.25) is 0 Å². The number of imidazole rings is 1. The van der Waals surface area contributed by atoms with Gasteiger partial charge in [0.05, 0.1) is 14.2 Å². The molecule has 0 saturated carbocycles. The Balaban J connectivity index is 2.12. The number of hydrogen-bond donors (Lipinski definition) is 2. The van der Waals surface area contributed by atoms with Gasteiger partial charge in [-0.25, -0.2) is 14.8 Å². The van der Waals surface area contributed by atoms with Crippen LogP contribution < -0.4 is 14.8 Å². The second-order valence-corrected chi connectivity index (χ2v) is 5.82. The molecule has 1 atom stereocenters. The van der Waals surface area contributed by atoms with E-state index in [1.165, 1.54) is 12.3 Å². The lowest BCUT2D eigenvalue weighted by atomic mass is 10.0. The van der Waals surface area contributed by atoms with E-state index in [1.54, 1.807) is 32.5 Å². The SMILES string of the molecule is COc1cc(OC)cc([C@H](Nc2ncccc2C(=O)O)c2nccn2C)c1. The van der Waals surface area contributed by atoms with E-state index in [0.29, 0.717) is 17.3 Å². The standard InChI is InChI=1S/C19H20N4O4/c1-23-8-7-21-18(23)16(12-9-13(26-2)11-14(10-12)27-3)22-17-15(19(24)25)5-4-6-20-17/h4-11,16H,1-3H3,(H,20,22)(H,24,25)/t16-/m0/s1. The summed E-state index contributed by atoms with van der Waals surface area (Å²) in [5.74, 6) is 1.11. The summed E-state index contributed by atoms with van der Waals surface area (Å²) in [6.45, 7) is 0. The highest BCUT2D eigenvalue weighted by molar-refractivity contribution is 5.93. The summed E-state index contributed by atoms with van der Waals surface area (Å²) in [6.07, 6.45) is 5.03. The largest absolute Gasteiger partial charge is 0.497 e. The van der Waals surface area contributed by atoms with Gasteiger partial charge in [-0.1, -0.05) is 0 Å². The molecule has 3 rings (SSSR count). The van der Waals surface area contributed by atoms with E-state index in [0.717, 1.165) is 5.56 Å². The Bertz CT molecular complexity index is 932. The van der Waals surface area contributed by atoms with Crippen LogP contribution in [0.15, 0.2) is 48.9 Å². The van der Waals surface area contributed by atoms with Gasteiger partial charge in [-0.3, -0.25) is 0 Å². The average Bonchev–Trinajstić information content (AvgIpc) is 3.11. The van der Waals surface area contributed by atoms with Gasteiger partial charge in [-0.05, 0) is 29.8 Å². The number of anilines is 1. The summed E-state index contributed by atoms with van der Waals surface area (Å²) in [4.78, 5) is 20.2. The maximum absolute atomic E-state index is 11.6. The first-order valence-corrected chi connectivity index (χ1v) is 8.18. The predicted octanol–water partition coefficient (Wildman–Crippen LogP) is 2.73. The summed E-state index contributed by atoms with van der Waals surface area (Å²) in [6, 6.07) is 8.07. The van der Waals surface area contributed by atoms with E-state index < -0.39 is 12.0 Å². The molecular weight excluding hydrogens is 348 g/mol. The Morgan fingerprint density at radius 2 is 1.85 bits per heavy atom. The van der Waals surface area contributed by atoms with Crippen molar-refractivity contribution in [1.82, 2.24) is 14.5 Å². The highest BCUT2D eigenvalue weighted by Crippen LogP contribution is 2.32. The van der Waals surface area contributed by atoms with Crippen molar-refractivity contribution in [3.8, 4) is 11.5 Å². The number of carbonyl (C=O) groups is 1. The number of aromatic carboxylic acids is 1. The van der Waals surface area contributed by atoms with Gasteiger partial charge in [-0.2, -0.15) is 0 Å². The minimum Gasteiger partial charge on any atom is -0.497 e. The molecule has 0 aliphatic carbocycles. The van der Waals surface area contributed by atoms with Crippen LogP contribution in [0.1, 0.15) is 27.8 Å². The molecule has 0 fully saturated rings. The fourth-order valence-electron chi connectivity index (χ4n) is 2.78. The molecule has 8 heteroatoms. The number of benzene rings is 1. The molecule has 2 aromatic heterocycles. The lowest BCUT2D eigenvalue weighted by Crippen LogP contribution is -2.19.